The van der Waals surface area contributed by atoms with Gasteiger partial charge >= 0.3 is 0 Å². The van der Waals surface area contributed by atoms with Gasteiger partial charge in [0.25, 0.3) is 0 Å². The highest BCUT2D eigenvalue weighted by Gasteiger charge is 2.27. The van der Waals surface area contributed by atoms with Crippen molar-refractivity contribution in [3.05, 3.63) is 36.5 Å². The third kappa shape index (κ3) is 3.82. The Bertz CT molecular complexity index is 723. The first-order chi connectivity index (χ1) is 12.3. The van der Waals surface area contributed by atoms with Crippen molar-refractivity contribution in [1.82, 2.24) is 9.55 Å². The number of hydrogen-bond donors (Lipinski definition) is 0. The molecule has 5 heteroatoms. The summed E-state index contributed by atoms with van der Waals surface area (Å²) >= 11 is 1.64. The highest BCUT2D eigenvalue weighted by molar-refractivity contribution is 8.00. The van der Waals surface area contributed by atoms with Gasteiger partial charge in [-0.3, -0.25) is 4.79 Å². The molecule has 2 unspecified atom stereocenters. The van der Waals surface area contributed by atoms with Gasteiger partial charge in [-0.25, -0.2) is 4.98 Å². The van der Waals surface area contributed by atoms with Crippen molar-refractivity contribution in [2.75, 3.05) is 6.61 Å². The third-order valence-corrected chi connectivity index (χ3v) is 6.36. The average molecular weight is 356 g/mol. The van der Waals surface area contributed by atoms with Crippen LogP contribution in [0, 0.1) is 0 Å². The molecule has 1 aromatic heterocycles. The van der Waals surface area contributed by atoms with Crippen LogP contribution in [0.2, 0.25) is 0 Å². The Labute approximate surface area is 153 Å². The zero-order chi connectivity index (χ0) is 17.1. The molecule has 2 aromatic rings. The van der Waals surface area contributed by atoms with Gasteiger partial charge in [0, 0.05) is 13.0 Å². The molecule has 0 bridgehead atoms. The molecule has 4 rings (SSSR count). The van der Waals surface area contributed by atoms with E-state index in [0.29, 0.717) is 5.78 Å². The summed E-state index contributed by atoms with van der Waals surface area (Å²) in [5.74, 6) is 0.379. The summed E-state index contributed by atoms with van der Waals surface area (Å²) in [6, 6.07) is 10.4. The van der Waals surface area contributed by atoms with Gasteiger partial charge in [-0.1, -0.05) is 48.5 Å². The Morgan fingerprint density at radius 2 is 2.04 bits per heavy atom. The standard InChI is InChI=1S/C20H24N2O2S/c23-18-10-4-5-11-19(18)25-20-21-13-17(15-7-2-1-3-8-15)22(20)14-16-9-6-12-24-16/h1-3,7-8,13,16,19H,4-6,9-12,14H2. The summed E-state index contributed by atoms with van der Waals surface area (Å²) in [6.07, 6.45) is 8.28. The van der Waals surface area contributed by atoms with Crippen molar-refractivity contribution in [2.24, 2.45) is 0 Å². The molecule has 1 saturated carbocycles. The normalized spacial score (nSPS) is 23.9. The van der Waals surface area contributed by atoms with Crippen LogP contribution < -0.4 is 0 Å². The Morgan fingerprint density at radius 3 is 2.80 bits per heavy atom. The Balaban J connectivity index is 1.63. The van der Waals surface area contributed by atoms with Gasteiger partial charge in [0.1, 0.15) is 5.78 Å². The van der Waals surface area contributed by atoms with Gasteiger partial charge in [-0.05, 0) is 31.2 Å². The zero-order valence-electron chi connectivity index (χ0n) is 14.4. The number of carbonyl (C=O) groups is 1. The largest absolute Gasteiger partial charge is 0.376 e. The van der Waals surface area contributed by atoms with E-state index in [1.807, 2.05) is 12.3 Å². The SMILES string of the molecule is O=C1CCCCC1Sc1ncc(-c2ccccc2)n1CC1CCCO1. The third-order valence-electron chi connectivity index (χ3n) is 5.05. The van der Waals surface area contributed by atoms with E-state index in [1.165, 1.54) is 0 Å². The number of rotatable bonds is 5. The van der Waals surface area contributed by atoms with Gasteiger partial charge in [0.05, 0.1) is 29.8 Å². The number of ether oxygens (including phenoxy) is 1. The molecule has 0 radical (unpaired) electrons. The molecular formula is C20H24N2O2S. The topological polar surface area (TPSA) is 44.1 Å². The molecule has 132 valence electrons. The van der Waals surface area contributed by atoms with E-state index in [9.17, 15) is 4.79 Å². The lowest BCUT2D eigenvalue weighted by Gasteiger charge is -2.21. The lowest BCUT2D eigenvalue weighted by molar-refractivity contribution is -0.119. The van der Waals surface area contributed by atoms with Crippen molar-refractivity contribution in [3.8, 4) is 11.3 Å². The van der Waals surface area contributed by atoms with Gasteiger partial charge in [-0.15, -0.1) is 0 Å². The van der Waals surface area contributed by atoms with Crippen LogP contribution in [0.15, 0.2) is 41.7 Å². The second kappa shape index (κ2) is 7.75. The Hall–Kier alpha value is -1.59. The maximum atomic E-state index is 12.2. The predicted molar refractivity (Wildman–Crippen MR) is 99.8 cm³/mol. The summed E-state index contributed by atoms with van der Waals surface area (Å²) in [7, 11) is 0. The van der Waals surface area contributed by atoms with Crippen molar-refractivity contribution in [1.29, 1.82) is 0 Å². The van der Waals surface area contributed by atoms with E-state index in [2.05, 4.69) is 33.8 Å². The fourth-order valence-electron chi connectivity index (χ4n) is 3.66. The van der Waals surface area contributed by atoms with Crippen molar-refractivity contribution >= 4 is 17.5 Å². The minimum Gasteiger partial charge on any atom is -0.376 e. The second-order valence-corrected chi connectivity index (χ2v) is 8.03. The van der Waals surface area contributed by atoms with Crippen molar-refractivity contribution in [2.45, 2.75) is 61.6 Å². The molecule has 1 aliphatic carbocycles. The van der Waals surface area contributed by atoms with Crippen molar-refractivity contribution in [3.63, 3.8) is 0 Å². The summed E-state index contributed by atoms with van der Waals surface area (Å²) in [4.78, 5) is 16.9. The molecule has 0 N–H and O–H groups in total. The van der Waals surface area contributed by atoms with Crippen LogP contribution in [-0.4, -0.2) is 33.3 Å². The number of aromatic nitrogens is 2. The zero-order valence-corrected chi connectivity index (χ0v) is 15.2. The maximum Gasteiger partial charge on any atom is 0.169 e. The fourth-order valence-corrected chi connectivity index (χ4v) is 4.87. The molecule has 2 atom stereocenters. The van der Waals surface area contributed by atoms with Crippen molar-refractivity contribution < 1.29 is 9.53 Å². The monoisotopic (exact) mass is 356 g/mol. The molecule has 1 aliphatic heterocycles. The first kappa shape index (κ1) is 16.9. The minimum atomic E-state index is 0.0584. The number of Topliss-reactive ketones (excluding diaryl/α,β-unsaturated/α-hetero) is 1. The molecular weight excluding hydrogens is 332 g/mol. The maximum absolute atomic E-state index is 12.2. The first-order valence-electron chi connectivity index (χ1n) is 9.23. The van der Waals surface area contributed by atoms with Crippen LogP contribution in [0.4, 0.5) is 0 Å². The summed E-state index contributed by atoms with van der Waals surface area (Å²) in [5.41, 5.74) is 2.27. The average Bonchev–Trinajstić information content (AvgIpc) is 3.29. The number of nitrogens with zero attached hydrogens (tertiary/aromatic N) is 2. The fraction of sp³-hybridized carbons (Fsp3) is 0.500. The molecule has 25 heavy (non-hydrogen) atoms. The number of ketones is 1. The lowest BCUT2D eigenvalue weighted by Crippen LogP contribution is -2.23. The van der Waals surface area contributed by atoms with Crippen LogP contribution in [0.3, 0.4) is 0 Å². The molecule has 2 aliphatic rings. The van der Waals surface area contributed by atoms with E-state index in [1.54, 1.807) is 11.8 Å². The summed E-state index contributed by atoms with van der Waals surface area (Å²) < 4.78 is 8.12. The number of thioether (sulfide) groups is 1. The quantitative estimate of drug-likeness (QED) is 0.800. The highest BCUT2D eigenvalue weighted by Crippen LogP contribution is 2.34. The van der Waals surface area contributed by atoms with Crippen LogP contribution in [-0.2, 0) is 16.1 Å². The second-order valence-electron chi connectivity index (χ2n) is 6.86. The van der Waals surface area contributed by atoms with E-state index < -0.39 is 0 Å². The van der Waals surface area contributed by atoms with Crippen LogP contribution >= 0.6 is 11.8 Å². The highest BCUT2D eigenvalue weighted by atomic mass is 32.2. The van der Waals surface area contributed by atoms with Gasteiger partial charge in [-0.2, -0.15) is 0 Å². The van der Waals surface area contributed by atoms with E-state index in [0.717, 1.165) is 68.1 Å². The first-order valence-corrected chi connectivity index (χ1v) is 10.1. The van der Waals surface area contributed by atoms with Crippen LogP contribution in [0.1, 0.15) is 38.5 Å². The molecule has 1 aromatic carbocycles. The number of imidazole rings is 1. The van der Waals surface area contributed by atoms with Gasteiger partial charge < -0.3 is 9.30 Å². The summed E-state index contributed by atoms with van der Waals surface area (Å²) in [6.45, 7) is 1.66. The predicted octanol–water partition coefficient (Wildman–Crippen LogP) is 4.33. The number of hydrogen-bond acceptors (Lipinski definition) is 4. The van der Waals surface area contributed by atoms with Crippen LogP contribution in [0.25, 0.3) is 11.3 Å². The smallest absolute Gasteiger partial charge is 0.169 e. The van der Waals surface area contributed by atoms with Gasteiger partial charge in [0.15, 0.2) is 5.16 Å². The molecule has 2 heterocycles. The Morgan fingerprint density at radius 1 is 1.16 bits per heavy atom. The summed E-state index contributed by atoms with van der Waals surface area (Å²) in [5, 5.41) is 1.01. The minimum absolute atomic E-state index is 0.0584. The van der Waals surface area contributed by atoms with E-state index in [4.69, 9.17) is 4.74 Å². The van der Waals surface area contributed by atoms with Gasteiger partial charge in [0.2, 0.25) is 0 Å². The number of benzene rings is 1. The molecule has 0 spiro atoms. The molecule has 2 fully saturated rings. The lowest BCUT2D eigenvalue weighted by atomic mass is 9.99. The Kier molecular flexibility index (Phi) is 5.22. The molecule has 1 saturated heterocycles. The molecule has 4 nitrogen and oxygen atoms in total. The molecule has 0 amide bonds. The van der Waals surface area contributed by atoms with E-state index in [-0.39, 0.29) is 11.4 Å². The number of carbonyl (C=O) groups excluding carboxylic acids is 1. The van der Waals surface area contributed by atoms with Crippen LogP contribution in [0.5, 0.6) is 0 Å². The van der Waals surface area contributed by atoms with E-state index >= 15 is 0 Å².